The third-order valence-electron chi connectivity index (χ3n) is 2.70. The summed E-state index contributed by atoms with van der Waals surface area (Å²) in [6.45, 7) is 2.03. The van der Waals surface area contributed by atoms with Crippen LogP contribution < -0.4 is 16.0 Å². The van der Waals surface area contributed by atoms with Crippen LogP contribution in [0, 0.1) is 6.92 Å². The maximum absolute atomic E-state index is 11.8. The van der Waals surface area contributed by atoms with E-state index in [1.54, 1.807) is 29.6 Å². The summed E-state index contributed by atoms with van der Waals surface area (Å²) in [7, 11) is 0. The molecule has 0 aliphatic rings. The molecule has 0 radical (unpaired) electrons. The molecule has 0 unspecified atom stereocenters. The Morgan fingerprint density at radius 1 is 1.30 bits per heavy atom. The fourth-order valence-corrected chi connectivity index (χ4v) is 2.23. The molecule has 1 aromatic heterocycles. The Morgan fingerprint density at radius 3 is 2.57 bits per heavy atom. The van der Waals surface area contributed by atoms with Gasteiger partial charge >= 0.3 is 12.1 Å². The summed E-state index contributed by atoms with van der Waals surface area (Å²) in [5.74, 6) is 4.83. The summed E-state index contributed by atoms with van der Waals surface area (Å²) in [4.78, 5) is 26.7. The Morgan fingerprint density at radius 2 is 2.00 bits per heavy atom. The smallest absolute Gasteiger partial charge is 0.421 e. The zero-order valence-corrected chi connectivity index (χ0v) is 13.9. The number of aromatic nitrogens is 1. The van der Waals surface area contributed by atoms with Crippen LogP contribution in [0.3, 0.4) is 0 Å². The molecule has 1 amide bonds. The van der Waals surface area contributed by atoms with Crippen LogP contribution >= 0.6 is 23.7 Å². The molecular weight excluding hydrogens is 342 g/mol. The van der Waals surface area contributed by atoms with Gasteiger partial charge in [0, 0.05) is 11.8 Å². The number of hydrogen-bond donors (Lipinski definition) is 2. The molecule has 1 heterocycles. The average molecular weight is 358 g/mol. The van der Waals surface area contributed by atoms with Crippen LogP contribution in [0.2, 0.25) is 0 Å². The lowest BCUT2D eigenvalue weighted by Gasteiger charge is -2.05. The number of carbonyl (C=O) groups excluding carboxylic acids is 2. The van der Waals surface area contributed by atoms with Crippen molar-refractivity contribution in [1.82, 2.24) is 10.4 Å². The topological polar surface area (TPSA) is 104 Å². The molecule has 3 N–H and O–H groups in total. The summed E-state index contributed by atoms with van der Waals surface area (Å²) >= 11 is 1.39. The van der Waals surface area contributed by atoms with Crippen LogP contribution in [0.4, 0.5) is 4.79 Å². The molecule has 7 nitrogen and oxygen atoms in total. The van der Waals surface area contributed by atoms with Crippen molar-refractivity contribution >= 4 is 35.8 Å². The molecule has 124 valence electrons. The highest BCUT2D eigenvalue weighted by molar-refractivity contribution is 7.09. The van der Waals surface area contributed by atoms with Crippen LogP contribution in [0.15, 0.2) is 29.6 Å². The van der Waals surface area contributed by atoms with Crippen LogP contribution in [-0.2, 0) is 11.2 Å². The highest BCUT2D eigenvalue weighted by atomic mass is 35.5. The first-order valence-corrected chi connectivity index (χ1v) is 7.33. The third kappa shape index (κ3) is 5.85. The maximum Gasteiger partial charge on any atom is 0.421 e. The number of hydrazine groups is 1. The Labute approximate surface area is 143 Å². The van der Waals surface area contributed by atoms with Crippen molar-refractivity contribution in [2.24, 2.45) is 5.84 Å². The number of nitrogens with two attached hydrogens (primary N) is 1. The van der Waals surface area contributed by atoms with Gasteiger partial charge in [-0.3, -0.25) is 5.43 Å². The van der Waals surface area contributed by atoms with E-state index in [9.17, 15) is 9.59 Å². The zero-order valence-electron chi connectivity index (χ0n) is 12.3. The van der Waals surface area contributed by atoms with E-state index in [0.29, 0.717) is 17.9 Å². The van der Waals surface area contributed by atoms with Gasteiger partial charge in [0.05, 0.1) is 11.6 Å². The highest BCUT2D eigenvalue weighted by Crippen LogP contribution is 2.16. The molecule has 2 rings (SSSR count). The van der Waals surface area contributed by atoms with E-state index in [0.717, 1.165) is 10.6 Å². The van der Waals surface area contributed by atoms with Gasteiger partial charge in [0.15, 0.2) is 5.69 Å². The second kappa shape index (κ2) is 9.09. The van der Waals surface area contributed by atoms with E-state index >= 15 is 0 Å². The molecule has 0 saturated heterocycles. The van der Waals surface area contributed by atoms with Crippen LogP contribution in [0.1, 0.15) is 21.1 Å². The van der Waals surface area contributed by atoms with Gasteiger partial charge in [0.2, 0.25) is 0 Å². The number of hydrogen-bond acceptors (Lipinski definition) is 7. The fraction of sp³-hybridized carbons (Fsp3) is 0.214. The minimum absolute atomic E-state index is 0. The first-order valence-electron chi connectivity index (χ1n) is 6.45. The monoisotopic (exact) mass is 357 g/mol. The van der Waals surface area contributed by atoms with Crippen molar-refractivity contribution in [1.29, 1.82) is 0 Å². The second-order valence-electron chi connectivity index (χ2n) is 4.32. The van der Waals surface area contributed by atoms with Gasteiger partial charge in [-0.05, 0) is 24.6 Å². The maximum atomic E-state index is 11.8. The van der Waals surface area contributed by atoms with Crippen molar-refractivity contribution < 1.29 is 19.1 Å². The van der Waals surface area contributed by atoms with E-state index in [2.05, 4.69) is 4.98 Å². The molecule has 0 spiro atoms. The molecule has 0 saturated carbocycles. The minimum atomic E-state index is -0.677. The predicted octanol–water partition coefficient (Wildman–Crippen LogP) is 2.23. The molecule has 23 heavy (non-hydrogen) atoms. The number of ether oxygens (including phenoxy) is 2. The zero-order chi connectivity index (χ0) is 15.9. The number of rotatable bonds is 5. The summed E-state index contributed by atoms with van der Waals surface area (Å²) in [6, 6.07) is 6.93. The minimum Gasteiger partial charge on any atom is -0.448 e. The van der Waals surface area contributed by atoms with E-state index in [1.807, 2.05) is 12.3 Å². The van der Waals surface area contributed by atoms with Gasteiger partial charge in [0.25, 0.3) is 0 Å². The van der Waals surface area contributed by atoms with Crippen molar-refractivity contribution in [2.75, 3.05) is 6.61 Å². The van der Waals surface area contributed by atoms with Gasteiger partial charge in [0.1, 0.15) is 5.75 Å². The Kier molecular flexibility index (Phi) is 7.46. The van der Waals surface area contributed by atoms with E-state index < -0.39 is 12.1 Å². The van der Waals surface area contributed by atoms with Crippen LogP contribution in [0.25, 0.3) is 0 Å². The normalized spacial score (nSPS) is 9.65. The summed E-state index contributed by atoms with van der Waals surface area (Å²) < 4.78 is 10.0. The van der Waals surface area contributed by atoms with Crippen LogP contribution in [-0.4, -0.2) is 23.7 Å². The number of aryl methyl sites for hydroxylation is 1. The molecular formula is C14H16ClN3O4S. The largest absolute Gasteiger partial charge is 0.448 e. The number of nitrogens with zero attached hydrogens (tertiary/aromatic N) is 1. The van der Waals surface area contributed by atoms with Crippen molar-refractivity contribution in [2.45, 2.75) is 13.3 Å². The van der Waals surface area contributed by atoms with Crippen molar-refractivity contribution in [3.05, 3.63) is 45.9 Å². The Hall–Kier alpha value is -2.16. The summed E-state index contributed by atoms with van der Waals surface area (Å²) in [5.41, 5.74) is 3.11. The third-order valence-corrected chi connectivity index (χ3v) is 3.48. The Bertz CT molecular complexity index is 660. The molecule has 1 aromatic carbocycles. The lowest BCUT2D eigenvalue weighted by atomic mass is 10.1. The molecule has 0 aliphatic heterocycles. The number of amides is 1. The quantitative estimate of drug-likeness (QED) is 0.279. The number of thiazole rings is 1. The number of halogens is 1. The molecule has 0 atom stereocenters. The molecule has 0 bridgehead atoms. The van der Waals surface area contributed by atoms with E-state index in [4.69, 9.17) is 15.3 Å². The van der Waals surface area contributed by atoms with Gasteiger partial charge in [-0.25, -0.2) is 20.4 Å². The van der Waals surface area contributed by atoms with E-state index in [-0.39, 0.29) is 19.0 Å². The second-order valence-corrected chi connectivity index (χ2v) is 5.38. The average Bonchev–Trinajstić information content (AvgIpc) is 2.95. The highest BCUT2D eigenvalue weighted by Gasteiger charge is 2.11. The lowest BCUT2D eigenvalue weighted by Crippen LogP contribution is -2.31. The molecule has 9 heteroatoms. The van der Waals surface area contributed by atoms with E-state index in [1.165, 1.54) is 11.3 Å². The van der Waals surface area contributed by atoms with Crippen molar-refractivity contribution in [3.63, 3.8) is 0 Å². The Balaban J connectivity index is 0.00000264. The van der Waals surface area contributed by atoms with Crippen molar-refractivity contribution in [3.8, 4) is 5.75 Å². The standard InChI is InChI=1S/C14H15N3O4S.ClH/c1-9-16-12(8-22-9)13(18)21-11-4-2-10(3-5-11)6-7-20-14(19)17-15;/h2-5,8H,6-7,15H2,1H3,(H,17,19);1H. The fourth-order valence-electron chi connectivity index (χ4n) is 1.64. The molecule has 0 aliphatic carbocycles. The van der Waals surface area contributed by atoms with Crippen LogP contribution in [0.5, 0.6) is 5.75 Å². The summed E-state index contributed by atoms with van der Waals surface area (Å²) in [6.07, 6.45) is -0.142. The summed E-state index contributed by atoms with van der Waals surface area (Å²) in [5, 5.41) is 2.47. The lowest BCUT2D eigenvalue weighted by molar-refractivity contribution is 0.0729. The first kappa shape index (κ1) is 18.9. The number of carbonyl (C=O) groups is 2. The van der Waals surface area contributed by atoms with Gasteiger partial charge in [-0.15, -0.1) is 23.7 Å². The van der Waals surface area contributed by atoms with Gasteiger partial charge < -0.3 is 9.47 Å². The number of benzene rings is 1. The molecule has 0 fully saturated rings. The molecule has 2 aromatic rings. The predicted molar refractivity (Wildman–Crippen MR) is 87.9 cm³/mol. The van der Waals surface area contributed by atoms with Gasteiger partial charge in [-0.2, -0.15) is 0 Å². The number of esters is 1. The number of nitrogens with one attached hydrogen (secondary N) is 1. The van der Waals surface area contributed by atoms with Gasteiger partial charge in [-0.1, -0.05) is 12.1 Å². The SMILES string of the molecule is Cc1nc(C(=O)Oc2ccc(CCOC(=O)NN)cc2)cs1.Cl. The first-order chi connectivity index (χ1) is 10.6.